The standard InChI is InChI=1S/C15H14Cl2N2O3S/c1-18-15(20)13-9-11(5-8-14(13)17)19(2)23(21,22)12-6-3-10(16)4-7-12/h3-9H,1-2H3,(H,18,20). The lowest BCUT2D eigenvalue weighted by Crippen LogP contribution is -2.27. The molecule has 0 heterocycles. The van der Waals surface area contributed by atoms with Crippen LogP contribution < -0.4 is 9.62 Å². The highest BCUT2D eigenvalue weighted by Crippen LogP contribution is 2.27. The van der Waals surface area contributed by atoms with Crippen LogP contribution in [0.4, 0.5) is 5.69 Å². The third-order valence-electron chi connectivity index (χ3n) is 3.26. The Kier molecular flexibility index (Phi) is 5.19. The molecule has 2 aromatic carbocycles. The van der Waals surface area contributed by atoms with E-state index in [1.165, 1.54) is 56.6 Å². The Hall–Kier alpha value is -1.76. The number of benzene rings is 2. The van der Waals surface area contributed by atoms with Crippen LogP contribution in [0.2, 0.25) is 10.0 Å². The fourth-order valence-corrected chi connectivity index (χ4v) is 3.44. The van der Waals surface area contributed by atoms with Crippen molar-refractivity contribution in [3.8, 4) is 0 Å². The second kappa shape index (κ2) is 6.78. The molecule has 0 saturated heterocycles. The van der Waals surface area contributed by atoms with Gasteiger partial charge in [-0.25, -0.2) is 8.42 Å². The zero-order valence-corrected chi connectivity index (χ0v) is 14.7. The molecule has 0 aliphatic heterocycles. The number of nitrogens with one attached hydrogen (secondary N) is 1. The van der Waals surface area contributed by atoms with Crippen LogP contribution in [0.3, 0.4) is 0 Å². The van der Waals surface area contributed by atoms with E-state index >= 15 is 0 Å². The monoisotopic (exact) mass is 372 g/mol. The fraction of sp³-hybridized carbons (Fsp3) is 0.133. The fourth-order valence-electron chi connectivity index (χ4n) is 1.92. The number of carbonyl (C=O) groups excluding carboxylic acids is 1. The third kappa shape index (κ3) is 3.60. The Labute approximate surface area is 144 Å². The summed E-state index contributed by atoms with van der Waals surface area (Å²) in [6.07, 6.45) is 0. The average Bonchev–Trinajstić information content (AvgIpc) is 2.54. The lowest BCUT2D eigenvalue weighted by Gasteiger charge is -2.20. The van der Waals surface area contributed by atoms with Crippen molar-refractivity contribution in [2.24, 2.45) is 0 Å². The van der Waals surface area contributed by atoms with E-state index in [4.69, 9.17) is 23.2 Å². The van der Waals surface area contributed by atoms with Gasteiger partial charge in [0.2, 0.25) is 0 Å². The van der Waals surface area contributed by atoms with E-state index in [0.29, 0.717) is 10.7 Å². The van der Waals surface area contributed by atoms with Crippen LogP contribution >= 0.6 is 23.2 Å². The first-order valence-corrected chi connectivity index (χ1v) is 8.73. The van der Waals surface area contributed by atoms with E-state index in [0.717, 1.165) is 4.31 Å². The molecule has 1 N–H and O–H groups in total. The molecule has 0 bridgehead atoms. The van der Waals surface area contributed by atoms with E-state index in [2.05, 4.69) is 5.32 Å². The Morgan fingerprint density at radius 3 is 2.26 bits per heavy atom. The Bertz CT molecular complexity index is 836. The van der Waals surface area contributed by atoms with Gasteiger partial charge in [0.15, 0.2) is 0 Å². The summed E-state index contributed by atoms with van der Waals surface area (Å²) in [5, 5.41) is 3.14. The predicted molar refractivity (Wildman–Crippen MR) is 91.9 cm³/mol. The molecule has 0 aliphatic carbocycles. The maximum Gasteiger partial charge on any atom is 0.264 e. The molecule has 2 rings (SSSR count). The van der Waals surface area contributed by atoms with Gasteiger partial charge >= 0.3 is 0 Å². The number of halogens is 2. The number of hydrogen-bond acceptors (Lipinski definition) is 3. The second-order valence-corrected chi connectivity index (χ2v) is 7.48. The number of rotatable bonds is 4. The third-order valence-corrected chi connectivity index (χ3v) is 5.64. The van der Waals surface area contributed by atoms with Crippen molar-refractivity contribution in [3.63, 3.8) is 0 Å². The van der Waals surface area contributed by atoms with Gasteiger partial charge in [0.25, 0.3) is 15.9 Å². The molecule has 2 aromatic rings. The van der Waals surface area contributed by atoms with Crippen molar-refractivity contribution in [3.05, 3.63) is 58.1 Å². The van der Waals surface area contributed by atoms with Gasteiger partial charge in [0.1, 0.15) is 0 Å². The number of carbonyl (C=O) groups is 1. The molecule has 0 atom stereocenters. The molecule has 1 amide bonds. The van der Waals surface area contributed by atoms with Gasteiger partial charge in [-0.3, -0.25) is 9.10 Å². The van der Waals surface area contributed by atoms with Crippen molar-refractivity contribution in [2.75, 3.05) is 18.4 Å². The van der Waals surface area contributed by atoms with E-state index in [9.17, 15) is 13.2 Å². The van der Waals surface area contributed by atoms with Crippen LogP contribution in [-0.4, -0.2) is 28.4 Å². The average molecular weight is 373 g/mol. The summed E-state index contributed by atoms with van der Waals surface area (Å²) in [5.74, 6) is -0.394. The maximum absolute atomic E-state index is 12.6. The SMILES string of the molecule is CNC(=O)c1cc(N(C)S(=O)(=O)c2ccc(Cl)cc2)ccc1Cl. The predicted octanol–water partition coefficient (Wildman–Crippen LogP) is 3.18. The van der Waals surface area contributed by atoms with Gasteiger partial charge in [-0.1, -0.05) is 23.2 Å². The second-order valence-electron chi connectivity index (χ2n) is 4.67. The van der Waals surface area contributed by atoms with Gasteiger partial charge in [0, 0.05) is 19.1 Å². The molecule has 0 aliphatic rings. The highest BCUT2D eigenvalue weighted by molar-refractivity contribution is 7.92. The number of sulfonamides is 1. The van der Waals surface area contributed by atoms with E-state index in [1.54, 1.807) is 0 Å². The van der Waals surface area contributed by atoms with Crippen molar-refractivity contribution in [2.45, 2.75) is 4.90 Å². The summed E-state index contributed by atoms with van der Waals surface area (Å²) in [6.45, 7) is 0. The number of hydrogen-bond donors (Lipinski definition) is 1. The van der Waals surface area contributed by atoms with Crippen LogP contribution in [-0.2, 0) is 10.0 Å². The van der Waals surface area contributed by atoms with E-state index in [1.807, 2.05) is 0 Å². The van der Waals surface area contributed by atoms with Gasteiger partial charge in [-0.05, 0) is 42.5 Å². The summed E-state index contributed by atoms with van der Waals surface area (Å²) < 4.78 is 26.3. The van der Waals surface area contributed by atoms with Gasteiger partial charge in [0.05, 0.1) is 21.2 Å². The zero-order chi connectivity index (χ0) is 17.2. The molecule has 0 aromatic heterocycles. The Morgan fingerprint density at radius 2 is 1.70 bits per heavy atom. The smallest absolute Gasteiger partial charge is 0.264 e. The van der Waals surface area contributed by atoms with Crippen LogP contribution in [0.15, 0.2) is 47.4 Å². The number of anilines is 1. The van der Waals surface area contributed by atoms with Crippen LogP contribution in [0.1, 0.15) is 10.4 Å². The molecule has 0 saturated carbocycles. The largest absolute Gasteiger partial charge is 0.355 e. The highest BCUT2D eigenvalue weighted by Gasteiger charge is 2.22. The summed E-state index contributed by atoms with van der Waals surface area (Å²) >= 11 is 11.8. The highest BCUT2D eigenvalue weighted by atomic mass is 35.5. The minimum atomic E-state index is -3.77. The molecular formula is C15H14Cl2N2O3S. The van der Waals surface area contributed by atoms with Crippen molar-refractivity contribution >= 4 is 44.8 Å². The van der Waals surface area contributed by atoms with Crippen molar-refractivity contribution in [1.82, 2.24) is 5.32 Å². The van der Waals surface area contributed by atoms with Crippen molar-refractivity contribution in [1.29, 1.82) is 0 Å². The molecular weight excluding hydrogens is 359 g/mol. The molecule has 23 heavy (non-hydrogen) atoms. The van der Waals surface area contributed by atoms with E-state index < -0.39 is 15.9 Å². The summed E-state index contributed by atoms with van der Waals surface area (Å²) in [6, 6.07) is 10.3. The first-order valence-electron chi connectivity index (χ1n) is 6.53. The van der Waals surface area contributed by atoms with Crippen LogP contribution in [0, 0.1) is 0 Å². The van der Waals surface area contributed by atoms with E-state index in [-0.39, 0.29) is 15.5 Å². The zero-order valence-electron chi connectivity index (χ0n) is 12.4. The topological polar surface area (TPSA) is 66.5 Å². The first kappa shape index (κ1) is 17.6. The molecule has 5 nitrogen and oxygen atoms in total. The number of nitrogens with zero attached hydrogens (tertiary/aromatic N) is 1. The van der Waals surface area contributed by atoms with Gasteiger partial charge in [-0.15, -0.1) is 0 Å². The molecule has 0 unspecified atom stereocenters. The quantitative estimate of drug-likeness (QED) is 0.895. The summed E-state index contributed by atoms with van der Waals surface area (Å²) in [4.78, 5) is 11.9. The molecule has 0 spiro atoms. The van der Waals surface area contributed by atoms with Crippen molar-refractivity contribution < 1.29 is 13.2 Å². The molecule has 8 heteroatoms. The lowest BCUT2D eigenvalue weighted by atomic mass is 10.2. The first-order chi connectivity index (χ1) is 10.8. The molecule has 122 valence electrons. The normalized spacial score (nSPS) is 11.1. The maximum atomic E-state index is 12.6. The molecule has 0 radical (unpaired) electrons. The minimum Gasteiger partial charge on any atom is -0.355 e. The van der Waals surface area contributed by atoms with Crippen LogP contribution in [0.25, 0.3) is 0 Å². The Morgan fingerprint density at radius 1 is 1.09 bits per heavy atom. The molecule has 0 fully saturated rings. The lowest BCUT2D eigenvalue weighted by molar-refractivity contribution is 0.0963. The van der Waals surface area contributed by atoms with Gasteiger partial charge < -0.3 is 5.32 Å². The van der Waals surface area contributed by atoms with Gasteiger partial charge in [-0.2, -0.15) is 0 Å². The summed E-state index contributed by atoms with van der Waals surface area (Å²) in [5.41, 5.74) is 0.521. The number of amides is 1. The van der Waals surface area contributed by atoms with Crippen LogP contribution in [0.5, 0.6) is 0 Å². The Balaban J connectivity index is 2.45. The summed E-state index contributed by atoms with van der Waals surface area (Å²) in [7, 11) is -0.896. The minimum absolute atomic E-state index is 0.0980.